The Morgan fingerprint density at radius 1 is 1.03 bits per heavy atom. The SMILES string of the molecule is C=C1C[C@@H]([C@@H](C)[C@H]2CC[C@@H]3[C@H]4CC=C5C[C@@H](O)CC[C@]5(C)[C@@H]4CC[C@]23C)C[C@]1(C)O. The van der Waals surface area contributed by atoms with Crippen LogP contribution in [0.25, 0.3) is 0 Å². The van der Waals surface area contributed by atoms with Crippen LogP contribution in [-0.4, -0.2) is 21.9 Å². The highest BCUT2D eigenvalue weighted by atomic mass is 16.3. The molecule has 10 atom stereocenters. The third kappa shape index (κ3) is 2.95. The van der Waals surface area contributed by atoms with Gasteiger partial charge < -0.3 is 10.2 Å². The average Bonchev–Trinajstić information content (AvgIpc) is 3.17. The van der Waals surface area contributed by atoms with Gasteiger partial charge >= 0.3 is 0 Å². The van der Waals surface area contributed by atoms with Gasteiger partial charge in [-0.25, -0.2) is 0 Å². The molecule has 0 heterocycles. The second-order valence-corrected chi connectivity index (χ2v) is 12.8. The average molecular weight is 413 g/mol. The van der Waals surface area contributed by atoms with Crippen LogP contribution < -0.4 is 0 Å². The standard InChI is InChI=1S/C28H44O2/c1-17-14-19(16-28(17,5)30)18(2)23-8-9-24-22-7-6-20-15-21(29)10-12-26(20,3)25(22)11-13-27(23,24)4/h6,18-19,21-25,29-30H,1,7-16H2,2-5H3/t18-,19-,21+,22-,23-,24-,25-,26+,27-,28+/m1/s1. The minimum absolute atomic E-state index is 0.107. The predicted octanol–water partition coefficient (Wildman–Crippen LogP) is 6.28. The first-order valence-electron chi connectivity index (χ1n) is 12.8. The molecule has 0 radical (unpaired) electrons. The van der Waals surface area contributed by atoms with Crippen molar-refractivity contribution in [3.05, 3.63) is 23.8 Å². The van der Waals surface area contributed by atoms with Gasteiger partial charge in [0.2, 0.25) is 0 Å². The quantitative estimate of drug-likeness (QED) is 0.524. The molecule has 0 amide bonds. The van der Waals surface area contributed by atoms with E-state index < -0.39 is 5.60 Å². The Kier molecular flexibility index (Phi) is 4.92. The zero-order chi connectivity index (χ0) is 21.5. The third-order valence-electron chi connectivity index (χ3n) is 11.5. The molecule has 2 heteroatoms. The van der Waals surface area contributed by atoms with E-state index in [0.29, 0.717) is 22.7 Å². The van der Waals surface area contributed by atoms with Crippen molar-refractivity contribution < 1.29 is 10.2 Å². The molecule has 5 rings (SSSR count). The van der Waals surface area contributed by atoms with Gasteiger partial charge in [0.25, 0.3) is 0 Å². The van der Waals surface area contributed by atoms with E-state index in [0.717, 1.165) is 54.9 Å². The van der Waals surface area contributed by atoms with Crippen molar-refractivity contribution >= 4 is 0 Å². The molecule has 0 aromatic rings. The molecular formula is C28H44O2. The van der Waals surface area contributed by atoms with Crippen molar-refractivity contribution in [1.29, 1.82) is 0 Å². The molecule has 5 aliphatic rings. The Labute approximate surface area is 184 Å². The van der Waals surface area contributed by atoms with E-state index >= 15 is 0 Å². The van der Waals surface area contributed by atoms with Crippen LogP contribution in [0.3, 0.4) is 0 Å². The van der Waals surface area contributed by atoms with Crippen molar-refractivity contribution in [1.82, 2.24) is 0 Å². The summed E-state index contributed by atoms with van der Waals surface area (Å²) in [5.74, 6) is 4.59. The van der Waals surface area contributed by atoms with Gasteiger partial charge in [-0.05, 0) is 123 Å². The summed E-state index contributed by atoms with van der Waals surface area (Å²) in [7, 11) is 0. The first-order chi connectivity index (χ1) is 14.1. The summed E-state index contributed by atoms with van der Waals surface area (Å²) in [6, 6.07) is 0. The van der Waals surface area contributed by atoms with Gasteiger partial charge in [0.1, 0.15) is 0 Å². The minimum Gasteiger partial charge on any atom is -0.393 e. The smallest absolute Gasteiger partial charge is 0.0829 e. The molecule has 4 fully saturated rings. The highest BCUT2D eigenvalue weighted by molar-refractivity contribution is 5.26. The molecule has 0 unspecified atom stereocenters. The van der Waals surface area contributed by atoms with Crippen molar-refractivity contribution in [2.45, 2.75) is 104 Å². The summed E-state index contributed by atoms with van der Waals surface area (Å²) < 4.78 is 0. The van der Waals surface area contributed by atoms with Crippen LogP contribution in [-0.2, 0) is 0 Å². The van der Waals surface area contributed by atoms with Crippen LogP contribution in [0.15, 0.2) is 23.8 Å². The Morgan fingerprint density at radius 3 is 2.50 bits per heavy atom. The van der Waals surface area contributed by atoms with E-state index in [1.807, 2.05) is 6.92 Å². The van der Waals surface area contributed by atoms with Crippen LogP contribution in [0, 0.1) is 46.3 Å². The van der Waals surface area contributed by atoms with Crippen molar-refractivity contribution in [2.24, 2.45) is 46.3 Å². The highest BCUT2D eigenvalue weighted by Gasteiger charge is 2.60. The molecule has 30 heavy (non-hydrogen) atoms. The van der Waals surface area contributed by atoms with Gasteiger partial charge in [0.15, 0.2) is 0 Å². The highest BCUT2D eigenvalue weighted by Crippen LogP contribution is 2.68. The molecule has 0 spiro atoms. The lowest BCUT2D eigenvalue weighted by molar-refractivity contribution is -0.0613. The molecule has 2 N–H and O–H groups in total. The first-order valence-corrected chi connectivity index (χ1v) is 12.8. The number of rotatable bonds is 2. The topological polar surface area (TPSA) is 40.5 Å². The fourth-order valence-corrected chi connectivity index (χ4v) is 9.51. The molecule has 0 saturated heterocycles. The van der Waals surface area contributed by atoms with Crippen LogP contribution in [0.5, 0.6) is 0 Å². The summed E-state index contributed by atoms with van der Waals surface area (Å²) in [4.78, 5) is 0. The molecule has 0 aromatic heterocycles. The van der Waals surface area contributed by atoms with Gasteiger partial charge in [0, 0.05) is 0 Å². The van der Waals surface area contributed by atoms with Gasteiger partial charge in [-0.1, -0.05) is 39.0 Å². The first kappa shape index (κ1) is 21.3. The number of hydrogen-bond donors (Lipinski definition) is 2. The van der Waals surface area contributed by atoms with E-state index in [4.69, 9.17) is 0 Å². The summed E-state index contributed by atoms with van der Waals surface area (Å²) in [6.45, 7) is 13.8. The zero-order valence-corrected chi connectivity index (χ0v) is 19.8. The van der Waals surface area contributed by atoms with E-state index in [9.17, 15) is 10.2 Å². The lowest BCUT2D eigenvalue weighted by Crippen LogP contribution is -2.51. The molecule has 0 bridgehead atoms. The van der Waals surface area contributed by atoms with Gasteiger partial charge in [0.05, 0.1) is 11.7 Å². The van der Waals surface area contributed by atoms with Crippen molar-refractivity contribution in [2.75, 3.05) is 0 Å². The molecule has 0 aliphatic heterocycles. The number of aliphatic hydroxyl groups is 2. The summed E-state index contributed by atoms with van der Waals surface area (Å²) in [6.07, 6.45) is 14.3. The zero-order valence-electron chi connectivity index (χ0n) is 19.8. The number of fused-ring (bicyclic) bond motifs is 5. The fourth-order valence-electron chi connectivity index (χ4n) is 9.51. The summed E-state index contributed by atoms with van der Waals surface area (Å²) >= 11 is 0. The van der Waals surface area contributed by atoms with Gasteiger partial charge in [-0.3, -0.25) is 0 Å². The predicted molar refractivity (Wildman–Crippen MR) is 123 cm³/mol. The normalized spacial score (nSPS) is 54.2. The minimum atomic E-state index is -0.653. The number of allylic oxidation sites excluding steroid dienone is 1. The molecule has 5 aliphatic carbocycles. The van der Waals surface area contributed by atoms with E-state index in [2.05, 4.69) is 33.4 Å². The molecule has 4 saturated carbocycles. The Morgan fingerprint density at radius 2 is 1.80 bits per heavy atom. The molecule has 2 nitrogen and oxygen atoms in total. The summed E-state index contributed by atoms with van der Waals surface area (Å²) in [5, 5.41) is 20.9. The maximum Gasteiger partial charge on any atom is 0.0829 e. The van der Waals surface area contributed by atoms with E-state index in [1.165, 1.54) is 38.5 Å². The number of hydrogen-bond acceptors (Lipinski definition) is 2. The van der Waals surface area contributed by atoms with E-state index in [1.54, 1.807) is 5.57 Å². The Bertz CT molecular complexity index is 750. The maximum absolute atomic E-state index is 10.7. The summed E-state index contributed by atoms with van der Waals surface area (Å²) in [5.41, 5.74) is 2.79. The van der Waals surface area contributed by atoms with Gasteiger partial charge in [-0.2, -0.15) is 0 Å². The van der Waals surface area contributed by atoms with Crippen molar-refractivity contribution in [3.8, 4) is 0 Å². The second-order valence-electron chi connectivity index (χ2n) is 12.8. The van der Waals surface area contributed by atoms with Crippen molar-refractivity contribution in [3.63, 3.8) is 0 Å². The van der Waals surface area contributed by atoms with Crippen LogP contribution >= 0.6 is 0 Å². The Hall–Kier alpha value is -0.600. The lowest BCUT2D eigenvalue weighted by atomic mass is 9.46. The molecule has 0 aromatic carbocycles. The largest absolute Gasteiger partial charge is 0.393 e. The maximum atomic E-state index is 10.7. The van der Waals surface area contributed by atoms with Gasteiger partial charge in [-0.15, -0.1) is 0 Å². The van der Waals surface area contributed by atoms with E-state index in [-0.39, 0.29) is 6.10 Å². The number of aliphatic hydroxyl groups excluding tert-OH is 1. The third-order valence-corrected chi connectivity index (χ3v) is 11.5. The fraction of sp³-hybridized carbons (Fsp3) is 0.857. The monoisotopic (exact) mass is 412 g/mol. The lowest BCUT2D eigenvalue weighted by Gasteiger charge is -2.58. The second kappa shape index (κ2) is 6.95. The van der Waals surface area contributed by atoms with Crippen LogP contribution in [0.4, 0.5) is 0 Å². The van der Waals surface area contributed by atoms with Crippen LogP contribution in [0.1, 0.15) is 91.9 Å². The molecule has 168 valence electrons. The Balaban J connectivity index is 1.38. The van der Waals surface area contributed by atoms with Crippen LogP contribution in [0.2, 0.25) is 0 Å². The molecular weight excluding hydrogens is 368 g/mol.